The molecular formula is C18H19N3O2S. The number of hydrogen-bond donors (Lipinski definition) is 1. The largest absolute Gasteiger partial charge is 0.324 e. The molecule has 2 heterocycles. The minimum absolute atomic E-state index is 0.187. The van der Waals surface area contributed by atoms with Gasteiger partial charge in [-0.3, -0.25) is 14.2 Å². The van der Waals surface area contributed by atoms with Crippen molar-refractivity contribution in [2.75, 3.05) is 5.32 Å². The van der Waals surface area contributed by atoms with Gasteiger partial charge in [0.15, 0.2) is 0 Å². The number of benzene rings is 1. The van der Waals surface area contributed by atoms with Crippen LogP contribution in [0.25, 0.3) is 10.2 Å². The van der Waals surface area contributed by atoms with Crippen LogP contribution in [0.1, 0.15) is 29.0 Å². The van der Waals surface area contributed by atoms with Crippen LogP contribution in [0.4, 0.5) is 5.69 Å². The number of nitrogens with zero attached hydrogens (tertiary/aromatic N) is 2. The highest BCUT2D eigenvalue weighted by molar-refractivity contribution is 7.18. The summed E-state index contributed by atoms with van der Waals surface area (Å²) in [7, 11) is 0. The summed E-state index contributed by atoms with van der Waals surface area (Å²) in [6.07, 6.45) is 1.45. The summed E-state index contributed by atoms with van der Waals surface area (Å²) in [5, 5.41) is 3.47. The Bertz CT molecular complexity index is 988. The molecule has 6 heteroatoms. The van der Waals surface area contributed by atoms with Crippen molar-refractivity contribution in [2.45, 2.75) is 33.7 Å². The van der Waals surface area contributed by atoms with Crippen molar-refractivity contribution in [3.63, 3.8) is 0 Å². The van der Waals surface area contributed by atoms with Gasteiger partial charge in [-0.15, -0.1) is 11.3 Å². The molecule has 124 valence electrons. The van der Waals surface area contributed by atoms with Crippen LogP contribution < -0.4 is 10.9 Å². The topological polar surface area (TPSA) is 64.0 Å². The number of amides is 1. The number of anilines is 1. The van der Waals surface area contributed by atoms with Crippen molar-refractivity contribution in [1.82, 2.24) is 9.55 Å². The molecule has 1 N–H and O–H groups in total. The van der Waals surface area contributed by atoms with Crippen LogP contribution in [0.2, 0.25) is 0 Å². The Morgan fingerprint density at radius 1 is 1.25 bits per heavy atom. The zero-order valence-electron chi connectivity index (χ0n) is 14.1. The molecule has 0 radical (unpaired) electrons. The van der Waals surface area contributed by atoms with Crippen molar-refractivity contribution in [3.8, 4) is 0 Å². The summed E-state index contributed by atoms with van der Waals surface area (Å²) < 4.78 is 1.38. The third-order valence-electron chi connectivity index (χ3n) is 4.05. The summed E-state index contributed by atoms with van der Waals surface area (Å²) in [4.78, 5) is 31.2. The Morgan fingerprint density at radius 2 is 2.00 bits per heavy atom. The number of rotatable bonds is 3. The molecule has 0 aliphatic rings. The van der Waals surface area contributed by atoms with Gasteiger partial charge in [-0.2, -0.15) is 0 Å². The lowest BCUT2D eigenvalue weighted by Gasteiger charge is -2.16. The number of nitrogens with one attached hydrogen (secondary N) is 1. The highest BCUT2D eigenvalue weighted by atomic mass is 32.1. The van der Waals surface area contributed by atoms with Gasteiger partial charge in [0, 0.05) is 10.6 Å². The van der Waals surface area contributed by atoms with Crippen LogP contribution in [0.15, 0.2) is 35.4 Å². The molecular weight excluding hydrogens is 322 g/mol. The minimum atomic E-state index is -0.644. The normalized spacial score (nSPS) is 12.3. The molecule has 0 aliphatic carbocycles. The molecule has 0 aliphatic heterocycles. The van der Waals surface area contributed by atoms with E-state index in [-0.39, 0.29) is 11.5 Å². The van der Waals surface area contributed by atoms with E-state index in [1.165, 1.54) is 22.2 Å². The maximum absolute atomic E-state index is 12.6. The highest BCUT2D eigenvalue weighted by Gasteiger charge is 2.19. The molecule has 0 fully saturated rings. The SMILES string of the molecule is Cc1ccc(C)c(NC(=O)[C@@H](C)n2cnc3sc(C)cc3c2=O)c1. The first-order chi connectivity index (χ1) is 11.4. The number of carbonyl (C=O) groups is 1. The Hall–Kier alpha value is -2.47. The van der Waals surface area contributed by atoms with E-state index in [2.05, 4.69) is 10.3 Å². The fourth-order valence-electron chi connectivity index (χ4n) is 2.57. The Labute approximate surface area is 144 Å². The van der Waals surface area contributed by atoms with Crippen LogP contribution in [0.3, 0.4) is 0 Å². The highest BCUT2D eigenvalue weighted by Crippen LogP contribution is 2.21. The third kappa shape index (κ3) is 2.97. The van der Waals surface area contributed by atoms with E-state index in [1.54, 1.807) is 6.92 Å². The standard InChI is InChI=1S/C18H19N3O2S/c1-10-5-6-11(2)15(7-10)20-16(22)13(4)21-9-19-17-14(18(21)23)8-12(3)24-17/h5-9,13H,1-4H3,(H,20,22)/t13-/m1/s1. The van der Waals surface area contributed by atoms with Gasteiger partial charge >= 0.3 is 0 Å². The monoisotopic (exact) mass is 341 g/mol. The molecule has 0 spiro atoms. The third-order valence-corrected chi connectivity index (χ3v) is 5.01. The molecule has 2 aromatic heterocycles. The molecule has 1 amide bonds. The molecule has 0 unspecified atom stereocenters. The van der Waals surface area contributed by atoms with E-state index in [4.69, 9.17) is 0 Å². The van der Waals surface area contributed by atoms with E-state index in [9.17, 15) is 9.59 Å². The van der Waals surface area contributed by atoms with Gasteiger partial charge < -0.3 is 5.32 Å². The van der Waals surface area contributed by atoms with E-state index in [0.29, 0.717) is 10.2 Å². The molecule has 0 saturated carbocycles. The quantitative estimate of drug-likeness (QED) is 0.792. The molecule has 5 nitrogen and oxygen atoms in total. The summed E-state index contributed by atoms with van der Waals surface area (Å²) >= 11 is 1.48. The lowest BCUT2D eigenvalue weighted by atomic mass is 10.1. The van der Waals surface area contributed by atoms with Crippen LogP contribution in [0, 0.1) is 20.8 Å². The first-order valence-electron chi connectivity index (χ1n) is 7.72. The number of carbonyl (C=O) groups excluding carboxylic acids is 1. The molecule has 3 aromatic rings. The Kier molecular flexibility index (Phi) is 4.24. The van der Waals surface area contributed by atoms with Gasteiger partial charge in [-0.1, -0.05) is 12.1 Å². The summed E-state index contributed by atoms with van der Waals surface area (Å²) in [6, 6.07) is 7.06. The number of fused-ring (bicyclic) bond motifs is 1. The van der Waals surface area contributed by atoms with Crippen molar-refractivity contribution < 1.29 is 4.79 Å². The fourth-order valence-corrected chi connectivity index (χ4v) is 3.40. The van der Waals surface area contributed by atoms with Gasteiger partial charge in [0.05, 0.1) is 11.7 Å². The van der Waals surface area contributed by atoms with Gasteiger partial charge in [-0.05, 0) is 51.0 Å². The summed E-state index contributed by atoms with van der Waals surface area (Å²) in [6.45, 7) is 7.55. The molecule has 1 aromatic carbocycles. The van der Waals surface area contributed by atoms with Gasteiger partial charge in [-0.25, -0.2) is 4.98 Å². The molecule has 0 saturated heterocycles. The van der Waals surface area contributed by atoms with E-state index in [0.717, 1.165) is 21.7 Å². The number of aromatic nitrogens is 2. The number of hydrogen-bond acceptors (Lipinski definition) is 4. The average molecular weight is 341 g/mol. The first kappa shape index (κ1) is 16.4. The second-order valence-corrected chi connectivity index (χ2v) is 7.25. The molecule has 3 rings (SSSR count). The van der Waals surface area contributed by atoms with Crippen molar-refractivity contribution in [1.29, 1.82) is 0 Å². The molecule has 0 bridgehead atoms. The van der Waals surface area contributed by atoms with Gasteiger partial charge in [0.1, 0.15) is 10.9 Å². The van der Waals surface area contributed by atoms with Crippen molar-refractivity contribution >= 4 is 33.1 Å². The van der Waals surface area contributed by atoms with E-state index in [1.807, 2.05) is 45.0 Å². The van der Waals surface area contributed by atoms with Crippen LogP contribution >= 0.6 is 11.3 Å². The number of aryl methyl sites for hydroxylation is 3. The second-order valence-electron chi connectivity index (χ2n) is 6.02. The van der Waals surface area contributed by atoms with Gasteiger partial charge in [0.2, 0.25) is 5.91 Å². The van der Waals surface area contributed by atoms with Crippen LogP contribution in [0.5, 0.6) is 0 Å². The maximum atomic E-state index is 12.6. The van der Waals surface area contributed by atoms with E-state index < -0.39 is 6.04 Å². The number of thiophene rings is 1. The second kappa shape index (κ2) is 6.20. The molecule has 24 heavy (non-hydrogen) atoms. The zero-order valence-corrected chi connectivity index (χ0v) is 14.9. The maximum Gasteiger partial charge on any atom is 0.262 e. The Morgan fingerprint density at radius 3 is 2.75 bits per heavy atom. The minimum Gasteiger partial charge on any atom is -0.324 e. The molecule has 1 atom stereocenters. The predicted molar refractivity (Wildman–Crippen MR) is 97.9 cm³/mol. The van der Waals surface area contributed by atoms with E-state index >= 15 is 0 Å². The van der Waals surface area contributed by atoms with Crippen LogP contribution in [-0.4, -0.2) is 15.5 Å². The lowest BCUT2D eigenvalue weighted by molar-refractivity contribution is -0.118. The zero-order chi connectivity index (χ0) is 17.4. The summed E-state index contributed by atoms with van der Waals surface area (Å²) in [5.41, 5.74) is 2.63. The average Bonchev–Trinajstić information content (AvgIpc) is 2.92. The van der Waals surface area contributed by atoms with Gasteiger partial charge in [0.25, 0.3) is 5.56 Å². The summed E-state index contributed by atoms with van der Waals surface area (Å²) in [5.74, 6) is -0.237. The fraction of sp³-hybridized carbons (Fsp3) is 0.278. The Balaban J connectivity index is 1.92. The first-order valence-corrected chi connectivity index (χ1v) is 8.54. The van der Waals surface area contributed by atoms with Crippen molar-refractivity contribution in [3.05, 3.63) is 57.0 Å². The lowest BCUT2D eigenvalue weighted by Crippen LogP contribution is -2.31. The predicted octanol–water partition coefficient (Wildman–Crippen LogP) is 3.58. The smallest absolute Gasteiger partial charge is 0.262 e. The van der Waals surface area contributed by atoms with Crippen molar-refractivity contribution in [2.24, 2.45) is 0 Å². The van der Waals surface area contributed by atoms with Crippen LogP contribution in [-0.2, 0) is 4.79 Å².